The first kappa shape index (κ1) is 9.03. The van der Waals surface area contributed by atoms with E-state index in [1.165, 1.54) is 0 Å². The number of carbonyl (C=O) groups excluding carboxylic acids is 1. The third kappa shape index (κ3) is 1.75. The summed E-state index contributed by atoms with van der Waals surface area (Å²) in [6, 6.07) is 6.04. The summed E-state index contributed by atoms with van der Waals surface area (Å²) in [6.45, 7) is 0. The first-order valence-electron chi connectivity index (χ1n) is 3.42. The second-order valence-electron chi connectivity index (χ2n) is 2.40. The van der Waals surface area contributed by atoms with E-state index < -0.39 is 11.9 Å². The average Bonchev–Trinajstić information content (AvgIpc) is 2.04. The Kier molecular flexibility index (Phi) is 2.68. The Balaban J connectivity index is 3.02. The number of halogens is 1. The zero-order valence-corrected chi connectivity index (χ0v) is 7.08. The molecule has 0 aromatic heterocycles. The van der Waals surface area contributed by atoms with Gasteiger partial charge in [-0.3, -0.25) is 4.79 Å². The molecule has 1 unspecified atom stereocenters. The SMILES string of the molecule is NC(=O)C(N)c1ccccc1Cl. The van der Waals surface area contributed by atoms with Crippen molar-refractivity contribution >= 4 is 17.5 Å². The van der Waals surface area contributed by atoms with Crippen LogP contribution < -0.4 is 11.5 Å². The Labute approximate surface area is 75.3 Å². The highest BCUT2D eigenvalue weighted by atomic mass is 35.5. The van der Waals surface area contributed by atoms with Gasteiger partial charge >= 0.3 is 0 Å². The summed E-state index contributed by atoms with van der Waals surface area (Å²) < 4.78 is 0. The zero-order chi connectivity index (χ0) is 9.14. The van der Waals surface area contributed by atoms with Gasteiger partial charge in [-0.05, 0) is 11.6 Å². The van der Waals surface area contributed by atoms with Gasteiger partial charge in [-0.15, -0.1) is 0 Å². The summed E-state index contributed by atoms with van der Waals surface area (Å²) in [4.78, 5) is 10.7. The van der Waals surface area contributed by atoms with Gasteiger partial charge < -0.3 is 11.5 Å². The summed E-state index contributed by atoms with van der Waals surface area (Å²) in [7, 11) is 0. The molecule has 0 radical (unpaired) electrons. The maximum absolute atomic E-state index is 10.7. The second-order valence-corrected chi connectivity index (χ2v) is 2.81. The van der Waals surface area contributed by atoms with E-state index in [2.05, 4.69) is 0 Å². The molecular formula is C8H9ClN2O. The molecule has 4 heteroatoms. The first-order valence-corrected chi connectivity index (χ1v) is 3.80. The van der Waals surface area contributed by atoms with E-state index in [4.69, 9.17) is 23.1 Å². The quantitative estimate of drug-likeness (QED) is 0.715. The lowest BCUT2D eigenvalue weighted by molar-refractivity contribution is -0.119. The van der Waals surface area contributed by atoms with Crippen LogP contribution in [0, 0.1) is 0 Å². The van der Waals surface area contributed by atoms with E-state index in [0.29, 0.717) is 10.6 Å². The number of hydrogen-bond acceptors (Lipinski definition) is 2. The summed E-state index contributed by atoms with van der Waals surface area (Å²) in [6.07, 6.45) is 0. The first-order chi connectivity index (χ1) is 5.63. The molecule has 0 saturated carbocycles. The predicted octanol–water partition coefficient (Wildman–Crippen LogP) is 0.825. The van der Waals surface area contributed by atoms with Crippen LogP contribution in [0.15, 0.2) is 24.3 Å². The van der Waals surface area contributed by atoms with Gasteiger partial charge in [0.1, 0.15) is 6.04 Å². The minimum Gasteiger partial charge on any atom is -0.368 e. The summed E-state index contributed by atoms with van der Waals surface area (Å²) in [5, 5.41) is 0.462. The van der Waals surface area contributed by atoms with Crippen molar-refractivity contribution in [2.24, 2.45) is 11.5 Å². The molecule has 0 aliphatic carbocycles. The Bertz CT molecular complexity index is 301. The molecule has 64 valence electrons. The van der Waals surface area contributed by atoms with Crippen molar-refractivity contribution in [3.8, 4) is 0 Å². The number of rotatable bonds is 2. The molecule has 1 aromatic rings. The zero-order valence-electron chi connectivity index (χ0n) is 6.33. The van der Waals surface area contributed by atoms with Crippen LogP contribution in [0.2, 0.25) is 5.02 Å². The monoisotopic (exact) mass is 184 g/mol. The van der Waals surface area contributed by atoms with Crippen LogP contribution in [-0.4, -0.2) is 5.91 Å². The van der Waals surface area contributed by atoms with Crippen molar-refractivity contribution in [2.45, 2.75) is 6.04 Å². The third-order valence-electron chi connectivity index (χ3n) is 1.55. The van der Waals surface area contributed by atoms with Crippen LogP contribution in [0.4, 0.5) is 0 Å². The van der Waals surface area contributed by atoms with Crippen LogP contribution >= 0.6 is 11.6 Å². The van der Waals surface area contributed by atoms with E-state index in [1.807, 2.05) is 0 Å². The maximum atomic E-state index is 10.7. The fourth-order valence-electron chi connectivity index (χ4n) is 0.881. The van der Waals surface area contributed by atoms with E-state index in [1.54, 1.807) is 24.3 Å². The molecule has 0 aliphatic heterocycles. The van der Waals surface area contributed by atoms with Gasteiger partial charge in [0.25, 0.3) is 0 Å². The van der Waals surface area contributed by atoms with Gasteiger partial charge in [0, 0.05) is 5.02 Å². The number of amides is 1. The fourth-order valence-corrected chi connectivity index (χ4v) is 1.13. The van der Waals surface area contributed by atoms with E-state index in [9.17, 15) is 4.79 Å². The maximum Gasteiger partial charge on any atom is 0.238 e. The number of carbonyl (C=O) groups is 1. The Morgan fingerprint density at radius 2 is 2.00 bits per heavy atom. The van der Waals surface area contributed by atoms with Crippen LogP contribution in [0.25, 0.3) is 0 Å². The van der Waals surface area contributed by atoms with Gasteiger partial charge in [0.05, 0.1) is 0 Å². The van der Waals surface area contributed by atoms with Crippen molar-refractivity contribution in [3.63, 3.8) is 0 Å². The van der Waals surface area contributed by atoms with E-state index >= 15 is 0 Å². The largest absolute Gasteiger partial charge is 0.368 e. The fraction of sp³-hybridized carbons (Fsp3) is 0.125. The lowest BCUT2D eigenvalue weighted by atomic mass is 10.1. The molecule has 0 bridgehead atoms. The molecule has 1 aromatic carbocycles. The Morgan fingerprint density at radius 3 is 2.50 bits per heavy atom. The van der Waals surface area contributed by atoms with Crippen LogP contribution in [0.3, 0.4) is 0 Å². The topological polar surface area (TPSA) is 69.1 Å². The van der Waals surface area contributed by atoms with Gasteiger partial charge in [-0.2, -0.15) is 0 Å². The standard InChI is InChI=1S/C8H9ClN2O/c9-6-4-2-1-3-5(6)7(10)8(11)12/h1-4,7H,10H2,(H2,11,12). The Morgan fingerprint density at radius 1 is 1.42 bits per heavy atom. The van der Waals surface area contributed by atoms with Crippen molar-refractivity contribution in [3.05, 3.63) is 34.9 Å². The number of benzene rings is 1. The molecular weight excluding hydrogens is 176 g/mol. The van der Waals surface area contributed by atoms with Crippen molar-refractivity contribution in [2.75, 3.05) is 0 Å². The van der Waals surface area contributed by atoms with Crippen LogP contribution in [0.5, 0.6) is 0 Å². The van der Waals surface area contributed by atoms with Gasteiger partial charge in [-0.1, -0.05) is 29.8 Å². The highest BCUT2D eigenvalue weighted by molar-refractivity contribution is 6.31. The minimum atomic E-state index is -0.821. The molecule has 1 rings (SSSR count). The molecule has 0 spiro atoms. The van der Waals surface area contributed by atoms with Gasteiger partial charge in [0.15, 0.2) is 0 Å². The van der Waals surface area contributed by atoms with Crippen LogP contribution in [0.1, 0.15) is 11.6 Å². The smallest absolute Gasteiger partial charge is 0.238 e. The molecule has 0 heterocycles. The highest BCUT2D eigenvalue weighted by Crippen LogP contribution is 2.20. The normalized spacial score (nSPS) is 12.5. The van der Waals surface area contributed by atoms with Crippen molar-refractivity contribution in [1.29, 1.82) is 0 Å². The molecule has 1 amide bonds. The minimum absolute atomic E-state index is 0.462. The molecule has 4 N–H and O–H groups in total. The summed E-state index contributed by atoms with van der Waals surface area (Å²) in [5.74, 6) is -0.580. The van der Waals surface area contributed by atoms with Crippen LogP contribution in [-0.2, 0) is 4.79 Å². The van der Waals surface area contributed by atoms with Gasteiger partial charge in [0.2, 0.25) is 5.91 Å². The third-order valence-corrected chi connectivity index (χ3v) is 1.89. The molecule has 1 atom stereocenters. The van der Waals surface area contributed by atoms with Crippen molar-refractivity contribution in [1.82, 2.24) is 0 Å². The predicted molar refractivity (Wildman–Crippen MR) is 47.6 cm³/mol. The molecule has 0 saturated heterocycles. The average molecular weight is 185 g/mol. The van der Waals surface area contributed by atoms with E-state index in [-0.39, 0.29) is 0 Å². The number of primary amides is 1. The lowest BCUT2D eigenvalue weighted by Crippen LogP contribution is -2.28. The highest BCUT2D eigenvalue weighted by Gasteiger charge is 2.14. The second kappa shape index (κ2) is 3.56. The summed E-state index contributed by atoms with van der Waals surface area (Å²) >= 11 is 5.78. The molecule has 0 fully saturated rings. The molecule has 0 aliphatic rings. The number of nitrogens with two attached hydrogens (primary N) is 2. The number of hydrogen-bond donors (Lipinski definition) is 2. The molecule has 3 nitrogen and oxygen atoms in total. The van der Waals surface area contributed by atoms with E-state index in [0.717, 1.165) is 0 Å². The van der Waals surface area contributed by atoms with Gasteiger partial charge in [-0.25, -0.2) is 0 Å². The lowest BCUT2D eigenvalue weighted by Gasteiger charge is -2.08. The molecule has 12 heavy (non-hydrogen) atoms. The van der Waals surface area contributed by atoms with Crippen molar-refractivity contribution < 1.29 is 4.79 Å². The Hall–Kier alpha value is -1.06. The summed E-state index contributed by atoms with van der Waals surface area (Å²) in [5.41, 5.74) is 11.1.